The van der Waals surface area contributed by atoms with Gasteiger partial charge in [-0.25, -0.2) is 4.79 Å². The summed E-state index contributed by atoms with van der Waals surface area (Å²) in [6.07, 6.45) is 2.54. The number of carboxylic acids is 1. The van der Waals surface area contributed by atoms with Crippen molar-refractivity contribution in [1.82, 2.24) is 5.32 Å². The first-order chi connectivity index (χ1) is 9.56. The normalized spacial score (nSPS) is 10.8. The van der Waals surface area contributed by atoms with Crippen LogP contribution >= 0.6 is 22.7 Å². The number of rotatable bonds is 5. The van der Waals surface area contributed by atoms with Crippen molar-refractivity contribution in [3.63, 3.8) is 0 Å². The summed E-state index contributed by atoms with van der Waals surface area (Å²) in [6.45, 7) is 2.52. The molecule has 104 valence electrons. The first-order valence-electron chi connectivity index (χ1n) is 5.87. The number of carbonyl (C=O) groups excluding carboxylic acids is 1. The zero-order chi connectivity index (χ0) is 14.5. The van der Waals surface area contributed by atoms with Crippen molar-refractivity contribution in [2.24, 2.45) is 0 Å². The number of hydrogen-bond acceptors (Lipinski definition) is 4. The second-order valence-corrected chi connectivity index (χ2v) is 6.00. The van der Waals surface area contributed by atoms with E-state index in [1.54, 1.807) is 23.5 Å². The highest BCUT2D eigenvalue weighted by molar-refractivity contribution is 7.14. The minimum Gasteiger partial charge on any atom is -0.478 e. The molecule has 2 aromatic heterocycles. The van der Waals surface area contributed by atoms with Gasteiger partial charge >= 0.3 is 5.97 Å². The molecule has 1 amide bonds. The van der Waals surface area contributed by atoms with Gasteiger partial charge in [0.25, 0.3) is 5.91 Å². The molecule has 0 saturated carbocycles. The molecule has 0 fully saturated rings. The lowest BCUT2D eigenvalue weighted by molar-refractivity contribution is -0.131. The summed E-state index contributed by atoms with van der Waals surface area (Å²) in [6, 6.07) is 3.43. The van der Waals surface area contributed by atoms with Crippen LogP contribution in [-0.2, 0) is 11.3 Å². The lowest BCUT2D eigenvalue weighted by Crippen LogP contribution is -2.21. The second-order valence-electron chi connectivity index (χ2n) is 4.14. The van der Waals surface area contributed by atoms with E-state index in [1.165, 1.54) is 23.0 Å². The van der Waals surface area contributed by atoms with Crippen molar-refractivity contribution in [2.75, 3.05) is 0 Å². The van der Waals surface area contributed by atoms with Crippen LogP contribution in [-0.4, -0.2) is 17.0 Å². The minimum absolute atomic E-state index is 0.143. The van der Waals surface area contributed by atoms with Crippen molar-refractivity contribution in [1.29, 1.82) is 0 Å². The first kappa shape index (κ1) is 14.5. The SMILES string of the molecule is Cc1cscc1CNC(=O)c1ccc(/C=C/C(=O)O)s1. The number of aliphatic carboxylic acids is 1. The fourth-order valence-corrected chi connectivity index (χ4v) is 3.23. The molecular weight excluding hydrogens is 294 g/mol. The van der Waals surface area contributed by atoms with Gasteiger partial charge in [-0.1, -0.05) is 0 Å². The molecule has 0 radical (unpaired) electrons. The van der Waals surface area contributed by atoms with Gasteiger partial charge in [-0.15, -0.1) is 11.3 Å². The van der Waals surface area contributed by atoms with Gasteiger partial charge < -0.3 is 10.4 Å². The number of nitrogens with one attached hydrogen (secondary N) is 1. The standard InChI is InChI=1S/C14H13NO3S2/c1-9-7-19-8-10(9)6-15-14(18)12-4-2-11(20-12)3-5-13(16)17/h2-5,7-8H,6H2,1H3,(H,15,18)(H,16,17)/b5-3+. The summed E-state index contributed by atoms with van der Waals surface area (Å²) in [5.41, 5.74) is 2.29. The van der Waals surface area contributed by atoms with Crippen LogP contribution in [0.2, 0.25) is 0 Å². The molecule has 2 rings (SSSR count). The van der Waals surface area contributed by atoms with E-state index in [2.05, 4.69) is 5.32 Å². The van der Waals surface area contributed by atoms with Crippen LogP contribution in [0.25, 0.3) is 6.08 Å². The zero-order valence-corrected chi connectivity index (χ0v) is 12.4. The number of hydrogen-bond donors (Lipinski definition) is 2. The smallest absolute Gasteiger partial charge is 0.328 e. The topological polar surface area (TPSA) is 66.4 Å². The van der Waals surface area contributed by atoms with E-state index < -0.39 is 5.97 Å². The monoisotopic (exact) mass is 307 g/mol. The maximum absolute atomic E-state index is 12.0. The summed E-state index contributed by atoms with van der Waals surface area (Å²) in [5, 5.41) is 15.5. The highest BCUT2D eigenvalue weighted by atomic mass is 32.1. The Morgan fingerprint density at radius 1 is 1.35 bits per heavy atom. The molecule has 0 bridgehead atoms. The van der Waals surface area contributed by atoms with E-state index >= 15 is 0 Å². The summed E-state index contributed by atoms with van der Waals surface area (Å²) < 4.78 is 0. The Hall–Kier alpha value is -1.92. The molecule has 2 N–H and O–H groups in total. The minimum atomic E-state index is -1.00. The van der Waals surface area contributed by atoms with E-state index in [-0.39, 0.29) is 5.91 Å². The fraction of sp³-hybridized carbons (Fsp3) is 0.143. The van der Waals surface area contributed by atoms with Crippen LogP contribution in [0.1, 0.15) is 25.7 Å². The molecule has 0 aliphatic heterocycles. The Balaban J connectivity index is 1.96. The quantitative estimate of drug-likeness (QED) is 0.834. The molecule has 4 nitrogen and oxygen atoms in total. The van der Waals surface area contributed by atoms with Gasteiger partial charge in [0, 0.05) is 17.5 Å². The van der Waals surface area contributed by atoms with Crippen molar-refractivity contribution in [3.05, 3.63) is 49.9 Å². The number of amides is 1. The first-order valence-corrected chi connectivity index (χ1v) is 7.63. The summed E-state index contributed by atoms with van der Waals surface area (Å²) in [7, 11) is 0. The molecule has 0 aromatic carbocycles. The van der Waals surface area contributed by atoms with Crippen LogP contribution in [0.15, 0.2) is 29.0 Å². The highest BCUT2D eigenvalue weighted by Gasteiger charge is 2.09. The van der Waals surface area contributed by atoms with Gasteiger partial charge in [0.1, 0.15) is 0 Å². The summed E-state index contributed by atoms with van der Waals surface area (Å²) in [5.74, 6) is -1.15. The van der Waals surface area contributed by atoms with Gasteiger partial charge in [0.15, 0.2) is 0 Å². The predicted molar refractivity (Wildman–Crippen MR) is 81.2 cm³/mol. The Morgan fingerprint density at radius 2 is 2.15 bits per heavy atom. The number of aryl methyl sites for hydroxylation is 1. The lowest BCUT2D eigenvalue weighted by Gasteiger charge is -2.02. The third-order valence-corrected chi connectivity index (χ3v) is 4.60. The number of thiophene rings is 2. The Kier molecular flexibility index (Phi) is 4.70. The molecular formula is C14H13NO3S2. The van der Waals surface area contributed by atoms with Crippen molar-refractivity contribution >= 4 is 40.6 Å². The molecule has 2 heterocycles. The maximum atomic E-state index is 12.0. The molecule has 0 saturated heterocycles. The van der Waals surface area contributed by atoms with Crippen molar-refractivity contribution in [3.8, 4) is 0 Å². The van der Waals surface area contributed by atoms with Crippen molar-refractivity contribution in [2.45, 2.75) is 13.5 Å². The van der Waals surface area contributed by atoms with Gasteiger partial charge in [-0.3, -0.25) is 4.79 Å². The largest absolute Gasteiger partial charge is 0.478 e. The third kappa shape index (κ3) is 3.79. The van der Waals surface area contributed by atoms with E-state index in [4.69, 9.17) is 5.11 Å². The summed E-state index contributed by atoms with van der Waals surface area (Å²) in [4.78, 5) is 23.7. The average Bonchev–Trinajstić information content (AvgIpc) is 3.02. The maximum Gasteiger partial charge on any atom is 0.328 e. The van der Waals surface area contributed by atoms with Crippen LogP contribution in [0.3, 0.4) is 0 Å². The van der Waals surface area contributed by atoms with Crippen LogP contribution in [0.5, 0.6) is 0 Å². The van der Waals surface area contributed by atoms with E-state index in [0.717, 1.165) is 16.5 Å². The van der Waals surface area contributed by atoms with Gasteiger partial charge in [0.2, 0.25) is 0 Å². The Bertz CT molecular complexity index is 655. The molecule has 2 aromatic rings. The summed E-state index contributed by atoms with van der Waals surface area (Å²) >= 11 is 2.88. The van der Waals surface area contributed by atoms with Gasteiger partial charge in [-0.05, 0) is 47.0 Å². The molecule has 0 atom stereocenters. The molecule has 6 heteroatoms. The molecule has 0 spiro atoms. The number of carboxylic acid groups (broad SMARTS) is 1. The number of carbonyl (C=O) groups is 2. The third-order valence-electron chi connectivity index (χ3n) is 2.64. The second kappa shape index (κ2) is 6.49. The molecule has 0 aliphatic rings. The van der Waals surface area contributed by atoms with E-state index in [1.807, 2.05) is 17.7 Å². The molecule has 0 unspecified atom stereocenters. The fourth-order valence-electron chi connectivity index (χ4n) is 1.55. The van der Waals surface area contributed by atoms with Crippen molar-refractivity contribution < 1.29 is 14.7 Å². The molecule has 20 heavy (non-hydrogen) atoms. The van der Waals surface area contributed by atoms with Crippen LogP contribution in [0.4, 0.5) is 0 Å². The zero-order valence-electron chi connectivity index (χ0n) is 10.8. The van der Waals surface area contributed by atoms with Gasteiger partial charge in [-0.2, -0.15) is 11.3 Å². The average molecular weight is 307 g/mol. The van der Waals surface area contributed by atoms with Crippen LogP contribution in [0, 0.1) is 6.92 Å². The Morgan fingerprint density at radius 3 is 2.80 bits per heavy atom. The highest BCUT2D eigenvalue weighted by Crippen LogP contribution is 2.18. The predicted octanol–water partition coefficient (Wildman–Crippen LogP) is 3.15. The molecule has 0 aliphatic carbocycles. The van der Waals surface area contributed by atoms with E-state index in [0.29, 0.717) is 11.4 Å². The Labute approximate surface area is 124 Å². The van der Waals surface area contributed by atoms with Crippen LogP contribution < -0.4 is 5.32 Å². The van der Waals surface area contributed by atoms with Gasteiger partial charge in [0.05, 0.1) is 4.88 Å². The lowest BCUT2D eigenvalue weighted by atomic mass is 10.2. The van der Waals surface area contributed by atoms with E-state index in [9.17, 15) is 9.59 Å².